The third-order valence-electron chi connectivity index (χ3n) is 2.60. The van der Waals surface area contributed by atoms with Crippen LogP contribution >= 0.6 is 0 Å². The molecule has 0 fully saturated rings. The molecule has 1 aromatic heterocycles. The average molecular weight is 247 g/mol. The van der Waals surface area contributed by atoms with Gasteiger partial charge in [-0.05, 0) is 19.2 Å². The molecule has 2 heterocycles. The fraction of sp³-hybridized carbons (Fsp3) is 0.333. The third kappa shape index (κ3) is 1.91. The minimum absolute atomic E-state index is 0.447. The standard InChI is InChI=1S/C12H13N3O3/c1-13-7-10-14-12(18-15-10)8-3-2-4-9-11(8)17-6-5-16-9/h2-4,13H,5-7H2,1H3. The minimum Gasteiger partial charge on any atom is -0.486 e. The van der Waals surface area contributed by atoms with E-state index in [1.54, 1.807) is 0 Å². The van der Waals surface area contributed by atoms with E-state index in [9.17, 15) is 0 Å². The molecule has 1 aromatic carbocycles. The minimum atomic E-state index is 0.447. The maximum Gasteiger partial charge on any atom is 0.261 e. The van der Waals surface area contributed by atoms with Gasteiger partial charge in [0.15, 0.2) is 17.3 Å². The first kappa shape index (κ1) is 11.0. The van der Waals surface area contributed by atoms with E-state index in [4.69, 9.17) is 14.0 Å². The molecule has 0 bridgehead atoms. The predicted molar refractivity (Wildman–Crippen MR) is 63.5 cm³/mol. The first-order valence-corrected chi connectivity index (χ1v) is 5.74. The lowest BCUT2D eigenvalue weighted by Gasteiger charge is -2.19. The number of nitrogens with one attached hydrogen (secondary N) is 1. The van der Waals surface area contributed by atoms with Gasteiger partial charge in [-0.1, -0.05) is 11.2 Å². The number of hydrogen-bond donors (Lipinski definition) is 1. The summed E-state index contributed by atoms with van der Waals surface area (Å²) >= 11 is 0. The van der Waals surface area contributed by atoms with Crippen LogP contribution in [0.1, 0.15) is 5.82 Å². The van der Waals surface area contributed by atoms with Crippen LogP contribution in [0.2, 0.25) is 0 Å². The van der Waals surface area contributed by atoms with Crippen molar-refractivity contribution >= 4 is 0 Å². The molecule has 0 saturated carbocycles. The molecule has 1 aliphatic heterocycles. The summed E-state index contributed by atoms with van der Waals surface area (Å²) in [4.78, 5) is 4.30. The van der Waals surface area contributed by atoms with Crippen molar-refractivity contribution in [1.29, 1.82) is 0 Å². The summed E-state index contributed by atoms with van der Waals surface area (Å²) < 4.78 is 16.4. The van der Waals surface area contributed by atoms with Gasteiger partial charge in [0.05, 0.1) is 12.1 Å². The van der Waals surface area contributed by atoms with Crippen LogP contribution in [0.3, 0.4) is 0 Å². The Hall–Kier alpha value is -2.08. The molecule has 0 spiro atoms. The van der Waals surface area contributed by atoms with E-state index >= 15 is 0 Å². The Balaban J connectivity index is 2.00. The molecule has 0 atom stereocenters. The lowest BCUT2D eigenvalue weighted by molar-refractivity contribution is 0.172. The van der Waals surface area contributed by atoms with Crippen LogP contribution < -0.4 is 14.8 Å². The Kier molecular flexibility index (Phi) is 2.85. The van der Waals surface area contributed by atoms with Crippen molar-refractivity contribution in [2.24, 2.45) is 0 Å². The zero-order valence-corrected chi connectivity index (χ0v) is 9.97. The topological polar surface area (TPSA) is 69.4 Å². The van der Waals surface area contributed by atoms with Crippen LogP contribution in [0.4, 0.5) is 0 Å². The van der Waals surface area contributed by atoms with Gasteiger partial charge in [0.1, 0.15) is 13.2 Å². The van der Waals surface area contributed by atoms with Crippen molar-refractivity contribution in [3.8, 4) is 23.0 Å². The Morgan fingerprint density at radius 3 is 3.06 bits per heavy atom. The SMILES string of the molecule is CNCc1noc(-c2cccc3c2OCCO3)n1. The van der Waals surface area contributed by atoms with Crippen molar-refractivity contribution in [1.82, 2.24) is 15.5 Å². The Labute approximate surface area is 104 Å². The molecule has 1 N–H and O–H groups in total. The normalized spacial score (nSPS) is 13.6. The summed E-state index contributed by atoms with van der Waals surface area (Å²) in [6, 6.07) is 5.62. The molecule has 0 amide bonds. The zero-order chi connectivity index (χ0) is 12.4. The summed E-state index contributed by atoms with van der Waals surface area (Å²) in [7, 11) is 1.83. The Bertz CT molecular complexity index is 553. The molecule has 6 nitrogen and oxygen atoms in total. The van der Waals surface area contributed by atoms with Crippen molar-refractivity contribution < 1.29 is 14.0 Å². The van der Waals surface area contributed by atoms with E-state index in [1.165, 1.54) is 0 Å². The molecular weight excluding hydrogens is 234 g/mol. The number of rotatable bonds is 3. The van der Waals surface area contributed by atoms with Gasteiger partial charge in [-0.3, -0.25) is 0 Å². The second kappa shape index (κ2) is 4.66. The lowest BCUT2D eigenvalue weighted by Crippen LogP contribution is -2.15. The van der Waals surface area contributed by atoms with Gasteiger partial charge in [0.25, 0.3) is 5.89 Å². The molecule has 94 valence electrons. The molecule has 0 radical (unpaired) electrons. The van der Waals surface area contributed by atoms with Crippen LogP contribution in [0.15, 0.2) is 22.7 Å². The summed E-state index contributed by atoms with van der Waals surface area (Å²) in [5.41, 5.74) is 0.766. The van der Waals surface area contributed by atoms with Gasteiger partial charge in [-0.15, -0.1) is 0 Å². The smallest absolute Gasteiger partial charge is 0.261 e. The Morgan fingerprint density at radius 1 is 1.28 bits per heavy atom. The number of fused-ring (bicyclic) bond motifs is 1. The van der Waals surface area contributed by atoms with Crippen LogP contribution in [0.5, 0.6) is 11.5 Å². The van der Waals surface area contributed by atoms with E-state index in [1.807, 2.05) is 25.2 Å². The maximum absolute atomic E-state index is 5.61. The average Bonchev–Trinajstić information content (AvgIpc) is 2.87. The molecule has 0 aliphatic carbocycles. The van der Waals surface area contributed by atoms with Crippen molar-refractivity contribution in [3.05, 3.63) is 24.0 Å². The molecule has 1 aliphatic rings. The van der Waals surface area contributed by atoms with Gasteiger partial charge >= 0.3 is 0 Å². The van der Waals surface area contributed by atoms with Crippen molar-refractivity contribution in [2.75, 3.05) is 20.3 Å². The predicted octanol–water partition coefficient (Wildman–Crippen LogP) is 1.23. The number of aromatic nitrogens is 2. The van der Waals surface area contributed by atoms with Gasteiger partial charge in [-0.25, -0.2) is 0 Å². The maximum atomic E-state index is 5.61. The highest BCUT2D eigenvalue weighted by Gasteiger charge is 2.20. The van der Waals surface area contributed by atoms with Gasteiger partial charge in [-0.2, -0.15) is 4.98 Å². The fourth-order valence-electron chi connectivity index (χ4n) is 1.84. The van der Waals surface area contributed by atoms with E-state index < -0.39 is 0 Å². The van der Waals surface area contributed by atoms with E-state index in [0.29, 0.717) is 43.0 Å². The summed E-state index contributed by atoms with van der Waals surface area (Å²) in [6.45, 7) is 1.66. The highest BCUT2D eigenvalue weighted by atomic mass is 16.6. The molecule has 0 unspecified atom stereocenters. The summed E-state index contributed by atoms with van der Waals surface area (Å²) in [6.07, 6.45) is 0. The summed E-state index contributed by atoms with van der Waals surface area (Å²) in [5.74, 6) is 2.44. The molecule has 3 rings (SSSR count). The lowest BCUT2D eigenvalue weighted by atomic mass is 10.1. The monoisotopic (exact) mass is 247 g/mol. The van der Waals surface area contributed by atoms with Crippen LogP contribution in [0.25, 0.3) is 11.5 Å². The second-order valence-corrected chi connectivity index (χ2v) is 3.88. The molecule has 18 heavy (non-hydrogen) atoms. The largest absolute Gasteiger partial charge is 0.486 e. The highest BCUT2D eigenvalue weighted by Crippen LogP contribution is 2.38. The van der Waals surface area contributed by atoms with Crippen LogP contribution in [-0.2, 0) is 6.54 Å². The first-order chi connectivity index (χ1) is 8.88. The number of ether oxygens (including phenoxy) is 2. The van der Waals surface area contributed by atoms with Crippen LogP contribution in [-0.4, -0.2) is 30.4 Å². The molecule has 0 saturated heterocycles. The quantitative estimate of drug-likeness (QED) is 0.879. The number of nitrogens with zero attached hydrogens (tertiary/aromatic N) is 2. The second-order valence-electron chi connectivity index (χ2n) is 3.88. The first-order valence-electron chi connectivity index (χ1n) is 5.74. The van der Waals surface area contributed by atoms with E-state index in [2.05, 4.69) is 15.5 Å². The van der Waals surface area contributed by atoms with Gasteiger partial charge < -0.3 is 19.3 Å². The molecule has 6 heteroatoms. The van der Waals surface area contributed by atoms with Gasteiger partial charge in [0, 0.05) is 0 Å². The van der Waals surface area contributed by atoms with E-state index in [-0.39, 0.29) is 0 Å². The number of para-hydroxylation sites is 1. The zero-order valence-electron chi connectivity index (χ0n) is 9.97. The van der Waals surface area contributed by atoms with Crippen LogP contribution in [0, 0.1) is 0 Å². The van der Waals surface area contributed by atoms with Crippen molar-refractivity contribution in [3.63, 3.8) is 0 Å². The molecule has 2 aromatic rings. The van der Waals surface area contributed by atoms with Gasteiger partial charge in [0.2, 0.25) is 0 Å². The Morgan fingerprint density at radius 2 is 2.17 bits per heavy atom. The number of benzene rings is 1. The fourth-order valence-corrected chi connectivity index (χ4v) is 1.84. The third-order valence-corrected chi connectivity index (χ3v) is 2.60. The number of hydrogen-bond acceptors (Lipinski definition) is 6. The van der Waals surface area contributed by atoms with Crippen molar-refractivity contribution in [2.45, 2.75) is 6.54 Å². The van der Waals surface area contributed by atoms with E-state index in [0.717, 1.165) is 5.56 Å². The highest BCUT2D eigenvalue weighted by molar-refractivity contribution is 5.67. The summed E-state index contributed by atoms with van der Waals surface area (Å²) in [5, 5.41) is 6.86. The molecular formula is C12H13N3O3.